The SMILES string of the molecule is COc1cc(CN2Cc3nnc(C)n3CC2C(=O)O)ccc1SC. The Balaban J connectivity index is 1.86. The van der Waals surface area contributed by atoms with Gasteiger partial charge in [0, 0.05) is 11.4 Å². The molecule has 1 atom stereocenters. The van der Waals surface area contributed by atoms with Gasteiger partial charge < -0.3 is 14.4 Å². The molecule has 1 aromatic heterocycles. The lowest BCUT2D eigenvalue weighted by molar-refractivity contribution is -0.145. The van der Waals surface area contributed by atoms with Crippen LogP contribution in [-0.2, 0) is 24.4 Å². The number of benzene rings is 1. The van der Waals surface area contributed by atoms with Gasteiger partial charge in [-0.25, -0.2) is 0 Å². The second kappa shape index (κ2) is 6.82. The number of methoxy groups -OCH3 is 1. The Bertz CT molecular complexity index is 762. The highest BCUT2D eigenvalue weighted by Crippen LogP contribution is 2.29. The number of hydrogen-bond acceptors (Lipinski definition) is 6. The van der Waals surface area contributed by atoms with E-state index in [1.165, 1.54) is 0 Å². The summed E-state index contributed by atoms with van der Waals surface area (Å²) in [6, 6.07) is 5.39. The predicted octanol–water partition coefficient (Wildman–Crippen LogP) is 1.79. The third-order valence-corrected chi connectivity index (χ3v) is 5.05. The van der Waals surface area contributed by atoms with Crippen LogP contribution >= 0.6 is 11.8 Å². The zero-order chi connectivity index (χ0) is 17.3. The van der Waals surface area contributed by atoms with Crippen LogP contribution in [0, 0.1) is 6.92 Å². The van der Waals surface area contributed by atoms with Crippen LogP contribution in [0.15, 0.2) is 23.1 Å². The molecule has 24 heavy (non-hydrogen) atoms. The maximum atomic E-state index is 11.7. The van der Waals surface area contributed by atoms with Crippen LogP contribution in [-0.4, -0.2) is 50.1 Å². The van der Waals surface area contributed by atoms with Crippen molar-refractivity contribution in [3.63, 3.8) is 0 Å². The van der Waals surface area contributed by atoms with Crippen molar-refractivity contribution < 1.29 is 14.6 Å². The van der Waals surface area contributed by atoms with Gasteiger partial charge in [-0.05, 0) is 30.9 Å². The standard InChI is InChI=1S/C16H20N4O3S/c1-10-17-18-15-9-19(12(16(21)22)8-20(10)15)7-11-4-5-14(24-3)13(6-11)23-2/h4-6,12H,7-9H2,1-3H3,(H,21,22). The van der Waals surface area contributed by atoms with Crippen LogP contribution in [0.5, 0.6) is 5.75 Å². The number of rotatable bonds is 5. The van der Waals surface area contributed by atoms with Crippen molar-refractivity contribution in [2.24, 2.45) is 0 Å². The van der Waals surface area contributed by atoms with Crippen molar-refractivity contribution in [2.75, 3.05) is 13.4 Å². The first-order valence-electron chi connectivity index (χ1n) is 7.60. The van der Waals surface area contributed by atoms with Crippen molar-refractivity contribution in [1.82, 2.24) is 19.7 Å². The van der Waals surface area contributed by atoms with E-state index in [4.69, 9.17) is 4.74 Å². The average Bonchev–Trinajstić information content (AvgIpc) is 2.94. The molecule has 128 valence electrons. The number of aryl methyl sites for hydroxylation is 1. The number of hydrogen-bond donors (Lipinski definition) is 1. The van der Waals surface area contributed by atoms with E-state index in [9.17, 15) is 9.90 Å². The van der Waals surface area contributed by atoms with Gasteiger partial charge in [0.2, 0.25) is 0 Å². The molecule has 1 aliphatic heterocycles. The molecular formula is C16H20N4O3S. The molecule has 0 amide bonds. The lowest BCUT2D eigenvalue weighted by atomic mass is 10.1. The van der Waals surface area contributed by atoms with E-state index in [1.54, 1.807) is 18.9 Å². The Kier molecular flexibility index (Phi) is 4.77. The molecule has 0 spiro atoms. The van der Waals surface area contributed by atoms with E-state index < -0.39 is 12.0 Å². The Morgan fingerprint density at radius 1 is 1.46 bits per heavy atom. The maximum Gasteiger partial charge on any atom is 0.322 e. The van der Waals surface area contributed by atoms with Crippen LogP contribution in [0.1, 0.15) is 17.2 Å². The van der Waals surface area contributed by atoms with E-state index in [0.717, 1.165) is 27.9 Å². The van der Waals surface area contributed by atoms with Gasteiger partial charge in [0.05, 0.1) is 20.2 Å². The molecule has 1 aromatic carbocycles. The highest BCUT2D eigenvalue weighted by Gasteiger charge is 2.33. The lowest BCUT2D eigenvalue weighted by Crippen LogP contribution is -2.47. The van der Waals surface area contributed by atoms with Gasteiger partial charge in [-0.2, -0.15) is 0 Å². The van der Waals surface area contributed by atoms with E-state index in [0.29, 0.717) is 19.6 Å². The highest BCUT2D eigenvalue weighted by atomic mass is 32.2. The Hall–Kier alpha value is -2.06. The normalized spacial score (nSPS) is 17.5. The van der Waals surface area contributed by atoms with E-state index in [-0.39, 0.29) is 0 Å². The van der Waals surface area contributed by atoms with Crippen molar-refractivity contribution in [3.8, 4) is 5.75 Å². The smallest absolute Gasteiger partial charge is 0.322 e. The van der Waals surface area contributed by atoms with Crippen molar-refractivity contribution in [1.29, 1.82) is 0 Å². The zero-order valence-corrected chi connectivity index (χ0v) is 14.7. The first-order valence-corrected chi connectivity index (χ1v) is 8.82. The minimum absolute atomic E-state index is 0.365. The molecule has 7 nitrogen and oxygen atoms in total. The van der Waals surface area contributed by atoms with Crippen LogP contribution in [0.4, 0.5) is 0 Å². The molecule has 0 radical (unpaired) electrons. The summed E-state index contributed by atoms with van der Waals surface area (Å²) in [6.07, 6.45) is 2.00. The number of aliphatic carboxylic acids is 1. The van der Waals surface area contributed by atoms with E-state index in [2.05, 4.69) is 10.2 Å². The van der Waals surface area contributed by atoms with Crippen LogP contribution in [0.3, 0.4) is 0 Å². The summed E-state index contributed by atoms with van der Waals surface area (Å²) in [7, 11) is 1.64. The third-order valence-electron chi connectivity index (χ3n) is 4.27. The number of carbonyl (C=O) groups is 1. The fourth-order valence-corrected chi connectivity index (χ4v) is 3.52. The topological polar surface area (TPSA) is 80.5 Å². The summed E-state index contributed by atoms with van der Waals surface area (Å²) in [5.74, 6) is 1.53. The van der Waals surface area contributed by atoms with Crippen LogP contribution in [0.25, 0.3) is 0 Å². The van der Waals surface area contributed by atoms with Gasteiger partial charge in [0.15, 0.2) is 0 Å². The molecule has 3 rings (SSSR count). The Morgan fingerprint density at radius 3 is 2.92 bits per heavy atom. The number of nitrogens with zero attached hydrogens (tertiary/aromatic N) is 4. The number of carboxylic acid groups (broad SMARTS) is 1. The average molecular weight is 348 g/mol. The minimum Gasteiger partial charge on any atom is -0.496 e. The number of fused-ring (bicyclic) bond motifs is 1. The maximum absolute atomic E-state index is 11.7. The largest absolute Gasteiger partial charge is 0.496 e. The predicted molar refractivity (Wildman–Crippen MR) is 90.2 cm³/mol. The third kappa shape index (κ3) is 3.11. The van der Waals surface area contributed by atoms with Gasteiger partial charge in [0.1, 0.15) is 23.4 Å². The Labute approximate surface area is 144 Å². The molecular weight excluding hydrogens is 328 g/mol. The minimum atomic E-state index is -0.832. The fraction of sp³-hybridized carbons (Fsp3) is 0.438. The summed E-state index contributed by atoms with van der Waals surface area (Å²) in [4.78, 5) is 14.7. The number of aromatic nitrogens is 3. The van der Waals surface area contributed by atoms with Crippen LogP contribution in [0.2, 0.25) is 0 Å². The van der Waals surface area contributed by atoms with Crippen LogP contribution < -0.4 is 4.74 Å². The Morgan fingerprint density at radius 2 is 2.25 bits per heavy atom. The molecule has 1 aliphatic rings. The molecule has 0 fully saturated rings. The van der Waals surface area contributed by atoms with Crippen molar-refractivity contribution >= 4 is 17.7 Å². The van der Waals surface area contributed by atoms with Crippen molar-refractivity contribution in [3.05, 3.63) is 35.4 Å². The molecule has 0 saturated carbocycles. The summed E-state index contributed by atoms with van der Waals surface area (Å²) in [6.45, 7) is 3.19. The summed E-state index contributed by atoms with van der Waals surface area (Å²) in [5, 5.41) is 17.8. The lowest BCUT2D eigenvalue weighted by Gasteiger charge is -2.33. The second-order valence-electron chi connectivity index (χ2n) is 5.72. The van der Waals surface area contributed by atoms with Gasteiger partial charge in [0.25, 0.3) is 0 Å². The molecule has 8 heteroatoms. The summed E-state index contributed by atoms with van der Waals surface area (Å²) in [5.41, 5.74) is 1.01. The van der Waals surface area contributed by atoms with E-state index >= 15 is 0 Å². The van der Waals surface area contributed by atoms with Gasteiger partial charge in [-0.1, -0.05) is 6.07 Å². The van der Waals surface area contributed by atoms with Gasteiger partial charge in [-0.3, -0.25) is 9.69 Å². The molecule has 1 unspecified atom stereocenters. The monoisotopic (exact) mass is 348 g/mol. The molecule has 2 aromatic rings. The first-order chi connectivity index (χ1) is 11.5. The molecule has 2 heterocycles. The molecule has 0 saturated heterocycles. The van der Waals surface area contributed by atoms with E-state index in [1.807, 2.05) is 40.8 Å². The number of carboxylic acids is 1. The number of thioether (sulfide) groups is 1. The zero-order valence-electron chi connectivity index (χ0n) is 13.9. The molecule has 0 bridgehead atoms. The fourth-order valence-electron chi connectivity index (χ4n) is 2.97. The van der Waals surface area contributed by atoms with Gasteiger partial charge >= 0.3 is 5.97 Å². The number of ether oxygens (including phenoxy) is 1. The summed E-state index contributed by atoms with van der Waals surface area (Å²) < 4.78 is 7.30. The highest BCUT2D eigenvalue weighted by molar-refractivity contribution is 7.98. The molecule has 1 N–H and O–H groups in total. The quantitative estimate of drug-likeness (QED) is 0.825. The summed E-state index contributed by atoms with van der Waals surface area (Å²) >= 11 is 1.62. The van der Waals surface area contributed by atoms with Gasteiger partial charge in [-0.15, -0.1) is 22.0 Å². The molecule has 0 aliphatic carbocycles. The first kappa shape index (κ1) is 16.8. The second-order valence-corrected chi connectivity index (χ2v) is 6.57. The van der Waals surface area contributed by atoms with Crippen molar-refractivity contribution in [2.45, 2.75) is 37.5 Å².